The highest BCUT2D eigenvalue weighted by atomic mass is 16.2. The van der Waals surface area contributed by atoms with E-state index in [4.69, 9.17) is 0 Å². The Bertz CT molecular complexity index is 584. The molecule has 0 saturated carbocycles. The lowest BCUT2D eigenvalue weighted by molar-refractivity contribution is -0.119. The molecule has 0 fully saturated rings. The van der Waals surface area contributed by atoms with Gasteiger partial charge in [0, 0.05) is 30.4 Å². The number of unbranched alkanes of at least 4 members (excludes halogenated alkanes) is 1. The van der Waals surface area contributed by atoms with Crippen LogP contribution in [0.2, 0.25) is 0 Å². The summed E-state index contributed by atoms with van der Waals surface area (Å²) in [6.07, 6.45) is 3.91. The van der Waals surface area contributed by atoms with Gasteiger partial charge < -0.3 is 15.5 Å². The minimum atomic E-state index is -0.0314. The number of carbonyl (C=O) groups excluding carboxylic acids is 2. The fourth-order valence-electron chi connectivity index (χ4n) is 3.05. The molecule has 1 heterocycles. The van der Waals surface area contributed by atoms with Crippen molar-refractivity contribution in [2.24, 2.45) is 0 Å². The molecule has 0 aliphatic carbocycles. The number of hydrogen-bond donors (Lipinski definition) is 2. The summed E-state index contributed by atoms with van der Waals surface area (Å²) in [4.78, 5) is 26.6. The van der Waals surface area contributed by atoms with Crippen LogP contribution in [0.1, 0.15) is 56.0 Å². The van der Waals surface area contributed by atoms with Crippen LogP contribution in [0, 0.1) is 0 Å². The predicted octanol–water partition coefficient (Wildman–Crippen LogP) is 2.49. The van der Waals surface area contributed by atoms with Crippen LogP contribution >= 0.6 is 0 Å². The molecule has 2 N–H and O–H groups in total. The number of benzene rings is 1. The molecule has 5 heteroatoms. The molecule has 1 aliphatic rings. The molecule has 2 rings (SSSR count). The second kappa shape index (κ2) is 8.71. The van der Waals surface area contributed by atoms with Crippen molar-refractivity contribution in [3.05, 3.63) is 29.3 Å². The molecule has 2 amide bonds. The van der Waals surface area contributed by atoms with E-state index in [1.807, 2.05) is 32.0 Å². The first-order valence-corrected chi connectivity index (χ1v) is 8.97. The zero-order chi connectivity index (χ0) is 17.5. The van der Waals surface area contributed by atoms with Crippen LogP contribution in [0.3, 0.4) is 0 Å². The highest BCUT2D eigenvalue weighted by Gasteiger charge is 2.23. The van der Waals surface area contributed by atoms with Gasteiger partial charge in [0.25, 0.3) is 5.91 Å². The number of fused-ring (bicyclic) bond motifs is 1. The van der Waals surface area contributed by atoms with Crippen molar-refractivity contribution in [1.82, 2.24) is 10.6 Å². The fraction of sp³-hybridized carbons (Fsp3) is 0.579. The summed E-state index contributed by atoms with van der Waals surface area (Å²) in [6, 6.07) is 5.90. The largest absolute Gasteiger partial charge is 0.362 e. The molecular weight excluding hydrogens is 302 g/mol. The maximum atomic E-state index is 12.4. The van der Waals surface area contributed by atoms with E-state index in [0.717, 1.165) is 55.6 Å². The van der Waals surface area contributed by atoms with Crippen LogP contribution in [0.5, 0.6) is 0 Å². The third-order valence-corrected chi connectivity index (χ3v) is 4.20. The Morgan fingerprint density at radius 2 is 2.08 bits per heavy atom. The van der Waals surface area contributed by atoms with E-state index in [-0.39, 0.29) is 17.9 Å². The van der Waals surface area contributed by atoms with Gasteiger partial charge in [-0.25, -0.2) is 0 Å². The average Bonchev–Trinajstić information content (AvgIpc) is 2.54. The monoisotopic (exact) mass is 331 g/mol. The van der Waals surface area contributed by atoms with Crippen molar-refractivity contribution in [1.29, 1.82) is 0 Å². The standard InChI is InChI=1S/C19H29N3O2/c1-4-5-11-20-18(23)13-22-12-7-9-15-16(8-6-10-17(15)22)19(24)21-14(2)3/h6,8,10,14H,4-5,7,9,11-13H2,1-3H3,(H,20,23)(H,21,24). The second-order valence-electron chi connectivity index (χ2n) is 6.66. The molecule has 0 spiro atoms. The lowest BCUT2D eigenvalue weighted by atomic mass is 9.95. The number of hydrogen-bond acceptors (Lipinski definition) is 3. The summed E-state index contributed by atoms with van der Waals surface area (Å²) in [7, 11) is 0. The van der Waals surface area contributed by atoms with Gasteiger partial charge in [0.05, 0.1) is 6.54 Å². The van der Waals surface area contributed by atoms with Gasteiger partial charge in [-0.15, -0.1) is 0 Å². The van der Waals surface area contributed by atoms with Crippen molar-refractivity contribution >= 4 is 17.5 Å². The summed E-state index contributed by atoms with van der Waals surface area (Å²) in [5, 5.41) is 5.93. The van der Waals surface area contributed by atoms with E-state index in [1.54, 1.807) is 0 Å². The van der Waals surface area contributed by atoms with Gasteiger partial charge in [-0.2, -0.15) is 0 Å². The highest BCUT2D eigenvalue weighted by Crippen LogP contribution is 2.29. The Morgan fingerprint density at radius 3 is 2.79 bits per heavy atom. The van der Waals surface area contributed by atoms with Crippen molar-refractivity contribution in [3.8, 4) is 0 Å². The summed E-state index contributed by atoms with van der Waals surface area (Å²) in [6.45, 7) is 7.96. The van der Waals surface area contributed by atoms with E-state index in [9.17, 15) is 9.59 Å². The third kappa shape index (κ3) is 4.73. The van der Waals surface area contributed by atoms with Gasteiger partial charge >= 0.3 is 0 Å². The predicted molar refractivity (Wildman–Crippen MR) is 97.5 cm³/mol. The molecule has 132 valence electrons. The van der Waals surface area contributed by atoms with Crippen LogP contribution in [-0.2, 0) is 11.2 Å². The number of rotatable bonds is 7. The number of nitrogens with zero attached hydrogens (tertiary/aromatic N) is 1. The Balaban J connectivity index is 2.12. The molecule has 5 nitrogen and oxygen atoms in total. The summed E-state index contributed by atoms with van der Waals surface area (Å²) in [5.41, 5.74) is 2.81. The van der Waals surface area contributed by atoms with Crippen LogP contribution in [0.25, 0.3) is 0 Å². The minimum Gasteiger partial charge on any atom is -0.362 e. The summed E-state index contributed by atoms with van der Waals surface area (Å²) < 4.78 is 0. The van der Waals surface area contributed by atoms with Crippen LogP contribution in [-0.4, -0.2) is 37.5 Å². The van der Waals surface area contributed by atoms with E-state index < -0.39 is 0 Å². The Hall–Kier alpha value is -2.04. The van der Waals surface area contributed by atoms with E-state index >= 15 is 0 Å². The molecule has 0 radical (unpaired) electrons. The second-order valence-corrected chi connectivity index (χ2v) is 6.66. The zero-order valence-electron chi connectivity index (χ0n) is 15.0. The zero-order valence-corrected chi connectivity index (χ0v) is 15.0. The summed E-state index contributed by atoms with van der Waals surface area (Å²) >= 11 is 0. The molecule has 0 saturated heterocycles. The van der Waals surface area contributed by atoms with E-state index in [2.05, 4.69) is 22.5 Å². The first-order chi connectivity index (χ1) is 11.5. The lowest BCUT2D eigenvalue weighted by Crippen LogP contribution is -2.40. The van der Waals surface area contributed by atoms with Gasteiger partial charge in [-0.3, -0.25) is 9.59 Å². The highest BCUT2D eigenvalue weighted by molar-refractivity contribution is 5.97. The van der Waals surface area contributed by atoms with E-state index in [1.165, 1.54) is 0 Å². The molecule has 1 aromatic carbocycles. The lowest BCUT2D eigenvalue weighted by Gasteiger charge is -2.32. The quantitative estimate of drug-likeness (QED) is 0.755. The third-order valence-electron chi connectivity index (χ3n) is 4.20. The van der Waals surface area contributed by atoms with Gasteiger partial charge in [0.1, 0.15) is 0 Å². The average molecular weight is 331 g/mol. The molecule has 24 heavy (non-hydrogen) atoms. The Labute approximate surface area is 144 Å². The molecular formula is C19H29N3O2. The smallest absolute Gasteiger partial charge is 0.251 e. The molecule has 0 atom stereocenters. The summed E-state index contributed by atoms with van der Waals surface area (Å²) in [5.74, 6) is 0.0180. The van der Waals surface area contributed by atoms with Crippen molar-refractivity contribution in [2.75, 3.05) is 24.5 Å². The first-order valence-electron chi connectivity index (χ1n) is 8.97. The molecule has 0 bridgehead atoms. The molecule has 0 aromatic heterocycles. The fourth-order valence-corrected chi connectivity index (χ4v) is 3.05. The Kier molecular flexibility index (Phi) is 6.64. The number of anilines is 1. The van der Waals surface area contributed by atoms with Gasteiger partial charge in [-0.1, -0.05) is 19.4 Å². The van der Waals surface area contributed by atoms with Gasteiger partial charge in [-0.05, 0) is 50.8 Å². The van der Waals surface area contributed by atoms with Crippen LogP contribution < -0.4 is 15.5 Å². The van der Waals surface area contributed by atoms with Crippen molar-refractivity contribution in [2.45, 2.75) is 52.5 Å². The number of carbonyl (C=O) groups is 2. The maximum Gasteiger partial charge on any atom is 0.251 e. The van der Waals surface area contributed by atoms with Crippen molar-refractivity contribution < 1.29 is 9.59 Å². The topological polar surface area (TPSA) is 61.4 Å². The Morgan fingerprint density at radius 1 is 1.29 bits per heavy atom. The van der Waals surface area contributed by atoms with Crippen LogP contribution in [0.15, 0.2) is 18.2 Å². The maximum absolute atomic E-state index is 12.4. The van der Waals surface area contributed by atoms with Crippen LogP contribution in [0.4, 0.5) is 5.69 Å². The first kappa shape index (κ1) is 18.3. The van der Waals surface area contributed by atoms with Crippen molar-refractivity contribution in [3.63, 3.8) is 0 Å². The normalized spacial score (nSPS) is 13.6. The van der Waals surface area contributed by atoms with Gasteiger partial charge in [0.2, 0.25) is 5.91 Å². The molecule has 0 unspecified atom stereocenters. The van der Waals surface area contributed by atoms with E-state index in [0.29, 0.717) is 6.54 Å². The molecule has 1 aliphatic heterocycles. The minimum absolute atomic E-state index is 0.0314. The number of amides is 2. The molecule has 1 aromatic rings. The number of nitrogens with one attached hydrogen (secondary N) is 2. The van der Waals surface area contributed by atoms with Gasteiger partial charge in [0.15, 0.2) is 0 Å². The SMILES string of the molecule is CCCCNC(=O)CN1CCCc2c(C(=O)NC(C)C)cccc21.